The Morgan fingerprint density at radius 2 is 1.57 bits per heavy atom. The first kappa shape index (κ1) is 22.1. The SMILES string of the molecule is O=C1C(=O)N(Cc2cccnc2)[C@@H](c2cccc(Oc3ccccc3)c2)C1=C(O)c1ccccc1. The molecule has 4 aromatic rings. The monoisotopic (exact) mass is 462 g/mol. The summed E-state index contributed by atoms with van der Waals surface area (Å²) in [6, 6.07) is 28.2. The molecule has 0 unspecified atom stereocenters. The number of rotatable bonds is 6. The number of hydrogen-bond acceptors (Lipinski definition) is 5. The zero-order chi connectivity index (χ0) is 24.2. The van der Waals surface area contributed by atoms with Crippen LogP contribution in [0.2, 0.25) is 0 Å². The van der Waals surface area contributed by atoms with Gasteiger partial charge < -0.3 is 14.7 Å². The summed E-state index contributed by atoms with van der Waals surface area (Å²) in [5.74, 6) is -0.393. The fourth-order valence-electron chi connectivity index (χ4n) is 4.20. The number of carbonyl (C=O) groups excluding carboxylic acids is 2. The molecule has 35 heavy (non-hydrogen) atoms. The van der Waals surface area contributed by atoms with Crippen LogP contribution in [0.4, 0.5) is 0 Å². The van der Waals surface area contributed by atoms with E-state index in [0.717, 1.165) is 5.56 Å². The minimum Gasteiger partial charge on any atom is -0.507 e. The molecule has 6 heteroatoms. The fraction of sp³-hybridized carbons (Fsp3) is 0.0690. The van der Waals surface area contributed by atoms with Crippen molar-refractivity contribution in [3.63, 3.8) is 0 Å². The number of aliphatic hydroxyl groups is 1. The highest BCUT2D eigenvalue weighted by Crippen LogP contribution is 2.41. The Morgan fingerprint density at radius 3 is 2.29 bits per heavy atom. The van der Waals surface area contributed by atoms with Crippen LogP contribution in [0.1, 0.15) is 22.7 Å². The summed E-state index contributed by atoms with van der Waals surface area (Å²) < 4.78 is 5.99. The Bertz CT molecular complexity index is 1390. The molecule has 0 bridgehead atoms. The maximum Gasteiger partial charge on any atom is 0.295 e. The number of likely N-dealkylation sites (tertiary alicyclic amines) is 1. The molecule has 1 aromatic heterocycles. The van der Waals surface area contributed by atoms with Gasteiger partial charge in [0.1, 0.15) is 17.3 Å². The smallest absolute Gasteiger partial charge is 0.295 e. The molecule has 1 aliphatic rings. The number of hydrogen-bond donors (Lipinski definition) is 1. The summed E-state index contributed by atoms with van der Waals surface area (Å²) in [6.07, 6.45) is 3.30. The highest BCUT2D eigenvalue weighted by molar-refractivity contribution is 6.46. The standard InChI is InChI=1S/C29H22N2O4/c32-27(21-10-3-1-4-11-21)25-26(31(29(34)28(25)33)19-20-9-8-16-30-18-20)22-12-7-15-24(17-22)35-23-13-5-2-6-14-23/h1-18,26,32H,19H2/t26-/m0/s1. The van der Waals surface area contributed by atoms with Gasteiger partial charge in [0.15, 0.2) is 0 Å². The zero-order valence-corrected chi connectivity index (χ0v) is 18.7. The summed E-state index contributed by atoms with van der Waals surface area (Å²) in [6.45, 7) is 0.165. The van der Waals surface area contributed by atoms with E-state index in [1.54, 1.807) is 60.9 Å². The number of pyridine rings is 1. The maximum absolute atomic E-state index is 13.2. The molecule has 1 aliphatic heterocycles. The third-order valence-corrected chi connectivity index (χ3v) is 5.82. The van der Waals surface area contributed by atoms with E-state index >= 15 is 0 Å². The molecule has 2 heterocycles. The van der Waals surface area contributed by atoms with E-state index in [9.17, 15) is 14.7 Å². The molecule has 3 aromatic carbocycles. The second kappa shape index (κ2) is 9.65. The second-order valence-corrected chi connectivity index (χ2v) is 8.14. The van der Waals surface area contributed by atoms with Gasteiger partial charge in [0.25, 0.3) is 11.7 Å². The Balaban J connectivity index is 1.61. The number of Topliss-reactive ketones (excluding diaryl/α,β-unsaturated/α-hetero) is 1. The van der Waals surface area contributed by atoms with Gasteiger partial charge in [-0.1, -0.05) is 66.7 Å². The predicted molar refractivity (Wildman–Crippen MR) is 131 cm³/mol. The van der Waals surface area contributed by atoms with Crippen LogP contribution >= 0.6 is 0 Å². The molecule has 0 saturated carbocycles. The van der Waals surface area contributed by atoms with Crippen LogP contribution in [0.15, 0.2) is 115 Å². The van der Waals surface area contributed by atoms with Gasteiger partial charge in [-0.3, -0.25) is 14.6 Å². The minimum absolute atomic E-state index is 0.0435. The quantitative estimate of drug-likeness (QED) is 0.233. The zero-order valence-electron chi connectivity index (χ0n) is 18.7. The molecule has 1 atom stereocenters. The van der Waals surface area contributed by atoms with Crippen LogP contribution in [0.3, 0.4) is 0 Å². The number of ketones is 1. The average Bonchev–Trinajstić information content (AvgIpc) is 3.15. The summed E-state index contributed by atoms with van der Waals surface area (Å²) in [5, 5.41) is 11.2. The van der Waals surface area contributed by atoms with E-state index in [1.165, 1.54) is 4.90 Å². The first-order chi connectivity index (χ1) is 17.1. The number of nitrogens with zero attached hydrogens (tertiary/aromatic N) is 2. The van der Waals surface area contributed by atoms with Gasteiger partial charge in [0.05, 0.1) is 11.6 Å². The number of aromatic nitrogens is 1. The van der Waals surface area contributed by atoms with Crippen molar-refractivity contribution in [2.24, 2.45) is 0 Å². The summed E-state index contributed by atoms with van der Waals surface area (Å²) >= 11 is 0. The third-order valence-electron chi connectivity index (χ3n) is 5.82. The Labute approximate surface area is 202 Å². The van der Waals surface area contributed by atoms with Crippen molar-refractivity contribution in [3.8, 4) is 11.5 Å². The van der Waals surface area contributed by atoms with Crippen molar-refractivity contribution in [2.45, 2.75) is 12.6 Å². The van der Waals surface area contributed by atoms with Crippen LogP contribution in [0, 0.1) is 0 Å². The molecule has 1 fully saturated rings. The van der Waals surface area contributed by atoms with Crippen molar-refractivity contribution < 1.29 is 19.4 Å². The Kier molecular flexibility index (Phi) is 6.09. The highest BCUT2D eigenvalue weighted by atomic mass is 16.5. The van der Waals surface area contributed by atoms with Crippen LogP contribution in [-0.2, 0) is 16.1 Å². The van der Waals surface area contributed by atoms with E-state index < -0.39 is 17.7 Å². The number of para-hydroxylation sites is 1. The lowest BCUT2D eigenvalue weighted by Gasteiger charge is -2.25. The molecule has 1 N–H and O–H groups in total. The number of amides is 1. The van der Waals surface area contributed by atoms with Crippen molar-refractivity contribution in [1.82, 2.24) is 9.88 Å². The average molecular weight is 463 g/mol. The van der Waals surface area contributed by atoms with Gasteiger partial charge in [-0.25, -0.2) is 0 Å². The molecule has 1 amide bonds. The second-order valence-electron chi connectivity index (χ2n) is 8.14. The largest absolute Gasteiger partial charge is 0.507 e. The van der Waals surface area contributed by atoms with Crippen LogP contribution in [0.25, 0.3) is 5.76 Å². The first-order valence-electron chi connectivity index (χ1n) is 11.2. The van der Waals surface area contributed by atoms with Gasteiger partial charge in [-0.2, -0.15) is 0 Å². The summed E-state index contributed by atoms with van der Waals surface area (Å²) in [5.41, 5.74) is 1.94. The van der Waals surface area contributed by atoms with Gasteiger partial charge >= 0.3 is 0 Å². The molecule has 0 radical (unpaired) electrons. The normalized spacial score (nSPS) is 16.9. The van der Waals surface area contributed by atoms with Crippen molar-refractivity contribution in [2.75, 3.05) is 0 Å². The van der Waals surface area contributed by atoms with Gasteiger partial charge in [0, 0.05) is 24.5 Å². The predicted octanol–water partition coefficient (Wildman–Crippen LogP) is 5.50. The highest BCUT2D eigenvalue weighted by Gasteiger charge is 2.46. The third kappa shape index (κ3) is 4.54. The molecular weight excluding hydrogens is 440 g/mol. The lowest BCUT2D eigenvalue weighted by molar-refractivity contribution is -0.140. The van der Waals surface area contributed by atoms with Crippen LogP contribution in [-0.4, -0.2) is 26.7 Å². The van der Waals surface area contributed by atoms with Crippen molar-refractivity contribution in [1.29, 1.82) is 0 Å². The molecule has 1 saturated heterocycles. The molecular formula is C29H22N2O4. The van der Waals surface area contributed by atoms with Crippen LogP contribution in [0.5, 0.6) is 11.5 Å². The van der Waals surface area contributed by atoms with E-state index in [-0.39, 0.29) is 17.9 Å². The number of carbonyl (C=O) groups is 2. The molecule has 5 rings (SSSR count). The maximum atomic E-state index is 13.2. The summed E-state index contributed by atoms with van der Waals surface area (Å²) in [7, 11) is 0. The van der Waals surface area contributed by atoms with E-state index in [1.807, 2.05) is 48.5 Å². The Morgan fingerprint density at radius 1 is 0.857 bits per heavy atom. The molecule has 0 spiro atoms. The van der Waals surface area contributed by atoms with Gasteiger partial charge in [-0.05, 0) is 41.5 Å². The number of aliphatic hydroxyl groups excluding tert-OH is 1. The van der Waals surface area contributed by atoms with Crippen LogP contribution < -0.4 is 4.74 Å². The summed E-state index contributed by atoms with van der Waals surface area (Å²) in [4.78, 5) is 32.0. The van der Waals surface area contributed by atoms with Crippen molar-refractivity contribution >= 4 is 17.4 Å². The van der Waals surface area contributed by atoms with E-state index in [2.05, 4.69) is 4.98 Å². The fourth-order valence-corrected chi connectivity index (χ4v) is 4.20. The molecule has 0 aliphatic carbocycles. The Hall–Kier alpha value is -4.71. The van der Waals surface area contributed by atoms with Gasteiger partial charge in [0.2, 0.25) is 0 Å². The van der Waals surface area contributed by atoms with E-state index in [4.69, 9.17) is 4.74 Å². The topological polar surface area (TPSA) is 79.7 Å². The van der Waals surface area contributed by atoms with Crippen molar-refractivity contribution in [3.05, 3.63) is 132 Å². The molecule has 6 nitrogen and oxygen atoms in total. The lowest BCUT2D eigenvalue weighted by Crippen LogP contribution is -2.29. The number of ether oxygens (including phenoxy) is 1. The van der Waals surface area contributed by atoms with Gasteiger partial charge in [-0.15, -0.1) is 0 Å². The minimum atomic E-state index is -0.797. The first-order valence-corrected chi connectivity index (χ1v) is 11.2. The van der Waals surface area contributed by atoms with E-state index in [0.29, 0.717) is 22.6 Å². The molecule has 172 valence electrons. The lowest BCUT2D eigenvalue weighted by atomic mass is 9.95. The number of benzene rings is 3.